The van der Waals surface area contributed by atoms with Gasteiger partial charge < -0.3 is 5.11 Å². The molecule has 0 aliphatic rings. The van der Waals surface area contributed by atoms with E-state index in [-0.39, 0.29) is 11.5 Å². The maximum absolute atomic E-state index is 11.3. The van der Waals surface area contributed by atoms with Crippen LogP contribution in [0.1, 0.15) is 41.6 Å². The molecule has 96 valence electrons. The van der Waals surface area contributed by atoms with Crippen LogP contribution in [0.3, 0.4) is 0 Å². The minimum absolute atomic E-state index is 0.205. The molecule has 2 rings (SSSR count). The summed E-state index contributed by atoms with van der Waals surface area (Å²) >= 11 is 0. The molecule has 0 radical (unpaired) electrons. The summed E-state index contributed by atoms with van der Waals surface area (Å²) in [7, 11) is 1.74. The molecule has 0 saturated carbocycles. The van der Waals surface area contributed by atoms with Crippen LogP contribution in [-0.2, 0) is 7.05 Å². The number of aryl methyl sites for hydroxylation is 2. The van der Waals surface area contributed by atoms with Crippen molar-refractivity contribution in [2.24, 2.45) is 7.05 Å². The highest BCUT2D eigenvalue weighted by Gasteiger charge is 2.23. The highest BCUT2D eigenvalue weighted by atomic mass is 16.4. The maximum Gasteiger partial charge on any atom is 0.341 e. The van der Waals surface area contributed by atoms with Crippen LogP contribution >= 0.6 is 0 Å². The van der Waals surface area contributed by atoms with Gasteiger partial charge in [-0.1, -0.05) is 13.8 Å². The lowest BCUT2D eigenvalue weighted by Crippen LogP contribution is -2.11. The van der Waals surface area contributed by atoms with Crippen molar-refractivity contribution >= 4 is 5.97 Å². The third kappa shape index (κ3) is 1.79. The topological polar surface area (TPSA) is 72.9 Å². The molecule has 0 aliphatic heterocycles. The van der Waals surface area contributed by atoms with Crippen LogP contribution in [0.15, 0.2) is 12.4 Å². The van der Waals surface area contributed by atoms with Gasteiger partial charge >= 0.3 is 5.97 Å². The smallest absolute Gasteiger partial charge is 0.341 e. The molecule has 18 heavy (non-hydrogen) atoms. The van der Waals surface area contributed by atoms with Crippen molar-refractivity contribution in [1.82, 2.24) is 19.3 Å². The number of hydrogen-bond acceptors (Lipinski definition) is 3. The molecule has 0 amide bonds. The van der Waals surface area contributed by atoms with Crippen LogP contribution in [0.25, 0.3) is 5.82 Å². The number of hydrogen-bond donors (Lipinski definition) is 1. The predicted octanol–water partition coefficient (Wildman–Crippen LogP) is 1.74. The summed E-state index contributed by atoms with van der Waals surface area (Å²) in [5.74, 6) is 0.595. The Hall–Kier alpha value is -2.11. The lowest BCUT2D eigenvalue weighted by atomic mass is 10.2. The number of carboxylic acids is 1. The summed E-state index contributed by atoms with van der Waals surface area (Å²) in [6, 6.07) is 0. The van der Waals surface area contributed by atoms with Gasteiger partial charge in [0.1, 0.15) is 11.4 Å². The Morgan fingerprint density at radius 1 is 1.44 bits per heavy atom. The van der Waals surface area contributed by atoms with Crippen molar-refractivity contribution < 1.29 is 9.90 Å². The first kappa shape index (κ1) is 12.3. The van der Waals surface area contributed by atoms with Gasteiger partial charge in [0.05, 0.1) is 5.69 Å². The zero-order chi connectivity index (χ0) is 13.4. The average Bonchev–Trinajstić information content (AvgIpc) is 2.81. The van der Waals surface area contributed by atoms with E-state index in [4.69, 9.17) is 0 Å². The van der Waals surface area contributed by atoms with Gasteiger partial charge in [0.2, 0.25) is 0 Å². The van der Waals surface area contributed by atoms with Crippen LogP contribution in [-0.4, -0.2) is 30.4 Å². The molecule has 0 aliphatic carbocycles. The molecule has 2 aromatic rings. The van der Waals surface area contributed by atoms with E-state index < -0.39 is 5.97 Å². The molecule has 6 heteroatoms. The molecule has 1 N–H and O–H groups in total. The average molecular weight is 248 g/mol. The predicted molar refractivity (Wildman–Crippen MR) is 66.1 cm³/mol. The van der Waals surface area contributed by atoms with E-state index in [9.17, 15) is 9.90 Å². The Balaban J connectivity index is 2.71. The fourth-order valence-electron chi connectivity index (χ4n) is 2.09. The van der Waals surface area contributed by atoms with E-state index in [0.717, 1.165) is 5.82 Å². The monoisotopic (exact) mass is 248 g/mol. The summed E-state index contributed by atoms with van der Waals surface area (Å²) in [4.78, 5) is 15.6. The molecular weight excluding hydrogens is 232 g/mol. The summed E-state index contributed by atoms with van der Waals surface area (Å²) < 4.78 is 3.36. The van der Waals surface area contributed by atoms with Gasteiger partial charge in [-0.2, -0.15) is 5.10 Å². The fraction of sp³-hybridized carbons (Fsp3) is 0.417. The molecule has 2 heterocycles. The molecule has 0 unspecified atom stereocenters. The molecule has 2 aromatic heterocycles. The van der Waals surface area contributed by atoms with Gasteiger partial charge in [-0.15, -0.1) is 0 Å². The second-order valence-electron chi connectivity index (χ2n) is 4.52. The number of imidazole rings is 1. The summed E-state index contributed by atoms with van der Waals surface area (Å²) in [6.07, 6.45) is 3.43. The Labute approximate surface area is 105 Å². The Bertz CT molecular complexity index is 595. The quantitative estimate of drug-likeness (QED) is 0.897. The van der Waals surface area contributed by atoms with Gasteiger partial charge in [0.15, 0.2) is 5.82 Å². The van der Waals surface area contributed by atoms with Crippen LogP contribution in [0.4, 0.5) is 0 Å². The minimum atomic E-state index is -0.973. The number of aromatic nitrogens is 4. The lowest BCUT2D eigenvalue weighted by Gasteiger charge is -2.11. The third-order valence-electron chi connectivity index (χ3n) is 2.82. The lowest BCUT2D eigenvalue weighted by molar-refractivity contribution is 0.0696. The standard InChI is InChI=1S/C12H16N4O2/c1-7(2)10-13-5-6-16(10)11-9(12(17)18)8(3)14-15(11)4/h5-7H,1-4H3,(H,17,18). The first-order chi connectivity index (χ1) is 8.43. The molecule has 0 saturated heterocycles. The Morgan fingerprint density at radius 2 is 2.11 bits per heavy atom. The van der Waals surface area contributed by atoms with Crippen LogP contribution < -0.4 is 0 Å². The molecule has 6 nitrogen and oxygen atoms in total. The van der Waals surface area contributed by atoms with Gasteiger partial charge in [-0.25, -0.2) is 9.78 Å². The molecule has 0 aromatic carbocycles. The van der Waals surface area contributed by atoms with E-state index in [1.165, 1.54) is 0 Å². The highest BCUT2D eigenvalue weighted by molar-refractivity contribution is 5.92. The molecular formula is C12H16N4O2. The number of nitrogens with zero attached hydrogens (tertiary/aromatic N) is 4. The van der Waals surface area contributed by atoms with Gasteiger partial charge in [-0.05, 0) is 6.92 Å². The normalized spacial score (nSPS) is 11.2. The van der Waals surface area contributed by atoms with E-state index in [0.29, 0.717) is 11.5 Å². The zero-order valence-corrected chi connectivity index (χ0v) is 10.9. The third-order valence-corrected chi connectivity index (χ3v) is 2.82. The first-order valence-electron chi connectivity index (χ1n) is 5.74. The fourth-order valence-corrected chi connectivity index (χ4v) is 2.09. The van der Waals surface area contributed by atoms with E-state index in [1.54, 1.807) is 35.6 Å². The van der Waals surface area contributed by atoms with E-state index >= 15 is 0 Å². The van der Waals surface area contributed by atoms with Gasteiger partial charge in [0.25, 0.3) is 0 Å². The maximum atomic E-state index is 11.3. The molecule has 0 bridgehead atoms. The van der Waals surface area contributed by atoms with Crippen molar-refractivity contribution in [3.63, 3.8) is 0 Å². The Kier molecular flexibility index (Phi) is 2.94. The highest BCUT2D eigenvalue weighted by Crippen LogP contribution is 2.22. The molecule has 0 atom stereocenters. The second kappa shape index (κ2) is 4.29. The van der Waals surface area contributed by atoms with E-state index in [1.807, 2.05) is 13.8 Å². The van der Waals surface area contributed by atoms with E-state index in [2.05, 4.69) is 10.1 Å². The van der Waals surface area contributed by atoms with Crippen molar-refractivity contribution in [2.45, 2.75) is 26.7 Å². The number of carboxylic acid groups (broad SMARTS) is 1. The second-order valence-corrected chi connectivity index (χ2v) is 4.52. The van der Waals surface area contributed by atoms with Crippen molar-refractivity contribution in [1.29, 1.82) is 0 Å². The van der Waals surface area contributed by atoms with Crippen molar-refractivity contribution in [2.75, 3.05) is 0 Å². The van der Waals surface area contributed by atoms with Crippen molar-refractivity contribution in [3.8, 4) is 5.82 Å². The van der Waals surface area contributed by atoms with Crippen LogP contribution in [0, 0.1) is 6.92 Å². The minimum Gasteiger partial charge on any atom is -0.477 e. The summed E-state index contributed by atoms with van der Waals surface area (Å²) in [5.41, 5.74) is 0.723. The summed E-state index contributed by atoms with van der Waals surface area (Å²) in [6.45, 7) is 5.73. The van der Waals surface area contributed by atoms with Gasteiger partial charge in [-0.3, -0.25) is 9.25 Å². The van der Waals surface area contributed by atoms with Crippen molar-refractivity contribution in [3.05, 3.63) is 29.5 Å². The largest absolute Gasteiger partial charge is 0.477 e. The summed E-state index contributed by atoms with van der Waals surface area (Å²) in [5, 5.41) is 13.5. The van der Waals surface area contributed by atoms with Crippen LogP contribution in [0.2, 0.25) is 0 Å². The van der Waals surface area contributed by atoms with Gasteiger partial charge in [0, 0.05) is 25.4 Å². The number of aromatic carboxylic acids is 1. The first-order valence-corrected chi connectivity index (χ1v) is 5.74. The number of rotatable bonds is 3. The molecule has 0 spiro atoms. The zero-order valence-electron chi connectivity index (χ0n) is 10.9. The van der Waals surface area contributed by atoms with Crippen LogP contribution in [0.5, 0.6) is 0 Å². The SMILES string of the molecule is Cc1nn(C)c(-n2ccnc2C(C)C)c1C(=O)O. The number of carbonyl (C=O) groups is 1. The Morgan fingerprint density at radius 3 is 2.67 bits per heavy atom. The molecule has 0 fully saturated rings.